The van der Waals surface area contributed by atoms with Gasteiger partial charge in [0.2, 0.25) is 0 Å². The third-order valence-electron chi connectivity index (χ3n) is 3.48. The summed E-state index contributed by atoms with van der Waals surface area (Å²) in [5.41, 5.74) is 3.55. The lowest BCUT2D eigenvalue weighted by molar-refractivity contribution is 0.162. The Morgan fingerprint density at radius 1 is 1.37 bits per heavy atom. The molecule has 104 valence electrons. The summed E-state index contributed by atoms with van der Waals surface area (Å²) in [5, 5.41) is 15.0. The Bertz CT molecular complexity index is 446. The van der Waals surface area contributed by atoms with Gasteiger partial charge in [0.1, 0.15) is 0 Å². The lowest BCUT2D eigenvalue weighted by atomic mass is 10.1. The second-order valence-corrected chi connectivity index (χ2v) is 5.11. The molecule has 1 aromatic rings. The van der Waals surface area contributed by atoms with Gasteiger partial charge < -0.3 is 15.7 Å². The molecule has 1 unspecified atom stereocenters. The molecule has 0 saturated heterocycles. The van der Waals surface area contributed by atoms with E-state index in [-0.39, 0.29) is 6.03 Å². The van der Waals surface area contributed by atoms with Crippen LogP contribution in [0.25, 0.3) is 0 Å². The van der Waals surface area contributed by atoms with E-state index in [0.717, 1.165) is 24.9 Å². The van der Waals surface area contributed by atoms with Crippen molar-refractivity contribution in [3.63, 3.8) is 0 Å². The molecule has 0 fully saturated rings. The van der Waals surface area contributed by atoms with Gasteiger partial charge in [-0.05, 0) is 48.9 Å². The minimum absolute atomic E-state index is 0.256. The first-order chi connectivity index (χ1) is 9.19. The number of aliphatic hydroxyl groups is 1. The summed E-state index contributed by atoms with van der Waals surface area (Å²) in [7, 11) is 0. The molecular formula is C15H22N2O2. The number of nitrogens with one attached hydrogen (secondary N) is 2. The summed E-state index contributed by atoms with van der Waals surface area (Å²) in [6.45, 7) is 2.30. The van der Waals surface area contributed by atoms with E-state index in [1.165, 1.54) is 17.5 Å². The van der Waals surface area contributed by atoms with Crippen molar-refractivity contribution in [2.75, 3.05) is 11.9 Å². The van der Waals surface area contributed by atoms with Crippen LogP contribution in [0.4, 0.5) is 10.5 Å². The summed E-state index contributed by atoms with van der Waals surface area (Å²) in [6.07, 6.45) is 4.60. The number of anilines is 1. The van der Waals surface area contributed by atoms with Crippen LogP contribution in [-0.2, 0) is 12.8 Å². The Morgan fingerprint density at radius 2 is 2.16 bits per heavy atom. The van der Waals surface area contributed by atoms with Crippen LogP contribution in [0.3, 0.4) is 0 Å². The van der Waals surface area contributed by atoms with Crippen LogP contribution in [0, 0.1) is 0 Å². The summed E-state index contributed by atoms with van der Waals surface area (Å²) in [4.78, 5) is 11.7. The monoisotopic (exact) mass is 262 g/mol. The maximum atomic E-state index is 11.7. The zero-order chi connectivity index (χ0) is 13.7. The molecule has 0 aliphatic heterocycles. The number of benzene rings is 1. The van der Waals surface area contributed by atoms with Gasteiger partial charge in [0.15, 0.2) is 0 Å². The van der Waals surface area contributed by atoms with Crippen molar-refractivity contribution in [1.82, 2.24) is 5.32 Å². The van der Waals surface area contributed by atoms with Gasteiger partial charge in [-0.2, -0.15) is 0 Å². The van der Waals surface area contributed by atoms with Crippen molar-refractivity contribution in [3.05, 3.63) is 29.3 Å². The molecule has 19 heavy (non-hydrogen) atoms. The number of hydrogen-bond donors (Lipinski definition) is 3. The van der Waals surface area contributed by atoms with Crippen molar-refractivity contribution in [3.8, 4) is 0 Å². The fraction of sp³-hybridized carbons (Fsp3) is 0.533. The van der Waals surface area contributed by atoms with Gasteiger partial charge in [-0.15, -0.1) is 0 Å². The molecule has 0 aromatic heterocycles. The van der Waals surface area contributed by atoms with Crippen LogP contribution in [0.5, 0.6) is 0 Å². The Kier molecular flexibility index (Phi) is 4.80. The van der Waals surface area contributed by atoms with Crippen LogP contribution < -0.4 is 10.6 Å². The van der Waals surface area contributed by atoms with Crippen molar-refractivity contribution in [2.24, 2.45) is 0 Å². The molecule has 0 saturated carbocycles. The van der Waals surface area contributed by atoms with Crippen LogP contribution in [0.2, 0.25) is 0 Å². The standard InChI is InChI=1S/C15H22N2O2/c1-2-4-14(18)10-16-15(19)17-13-8-7-11-5-3-6-12(11)9-13/h7-9,14,18H,2-6,10H2,1H3,(H2,16,17,19). The molecule has 1 atom stereocenters. The maximum absolute atomic E-state index is 11.7. The number of hydrogen-bond acceptors (Lipinski definition) is 2. The summed E-state index contributed by atoms with van der Waals surface area (Å²) < 4.78 is 0. The number of rotatable bonds is 5. The number of carbonyl (C=O) groups is 1. The largest absolute Gasteiger partial charge is 0.391 e. The number of fused-ring (bicyclic) bond motifs is 1. The minimum atomic E-state index is -0.462. The Morgan fingerprint density at radius 3 is 2.95 bits per heavy atom. The molecule has 4 nitrogen and oxygen atoms in total. The number of aryl methyl sites for hydroxylation is 2. The van der Waals surface area contributed by atoms with Gasteiger partial charge >= 0.3 is 6.03 Å². The van der Waals surface area contributed by atoms with Crippen molar-refractivity contribution in [1.29, 1.82) is 0 Å². The van der Waals surface area contributed by atoms with Gasteiger partial charge in [0, 0.05) is 12.2 Å². The highest BCUT2D eigenvalue weighted by Gasteiger charge is 2.12. The van der Waals surface area contributed by atoms with Gasteiger partial charge in [-0.3, -0.25) is 0 Å². The van der Waals surface area contributed by atoms with E-state index in [4.69, 9.17) is 0 Å². The number of urea groups is 1. The molecule has 3 N–H and O–H groups in total. The van der Waals surface area contributed by atoms with E-state index in [0.29, 0.717) is 13.0 Å². The van der Waals surface area contributed by atoms with Crippen molar-refractivity contribution in [2.45, 2.75) is 45.1 Å². The third kappa shape index (κ3) is 3.96. The molecule has 1 aromatic carbocycles. The zero-order valence-electron chi connectivity index (χ0n) is 11.4. The SMILES string of the molecule is CCCC(O)CNC(=O)Nc1ccc2c(c1)CCC2. The smallest absolute Gasteiger partial charge is 0.319 e. The van der Waals surface area contributed by atoms with Gasteiger partial charge in [-0.25, -0.2) is 4.79 Å². The Balaban J connectivity index is 1.82. The average molecular weight is 262 g/mol. The molecule has 1 aliphatic rings. The first kappa shape index (κ1) is 13.9. The predicted octanol–water partition coefficient (Wildman–Crippen LogP) is 2.46. The minimum Gasteiger partial charge on any atom is -0.391 e. The van der Waals surface area contributed by atoms with E-state index < -0.39 is 6.10 Å². The first-order valence-electron chi connectivity index (χ1n) is 7.03. The lowest BCUT2D eigenvalue weighted by Crippen LogP contribution is -2.35. The van der Waals surface area contributed by atoms with E-state index >= 15 is 0 Å². The fourth-order valence-corrected chi connectivity index (χ4v) is 2.47. The second-order valence-electron chi connectivity index (χ2n) is 5.11. The lowest BCUT2D eigenvalue weighted by Gasteiger charge is -2.12. The van der Waals surface area contributed by atoms with Crippen LogP contribution >= 0.6 is 0 Å². The molecule has 0 bridgehead atoms. The Hall–Kier alpha value is -1.55. The van der Waals surface area contributed by atoms with Crippen LogP contribution in [0.15, 0.2) is 18.2 Å². The molecule has 4 heteroatoms. The van der Waals surface area contributed by atoms with Gasteiger partial charge in [0.25, 0.3) is 0 Å². The predicted molar refractivity (Wildman–Crippen MR) is 76.4 cm³/mol. The summed E-state index contributed by atoms with van der Waals surface area (Å²) >= 11 is 0. The number of carbonyl (C=O) groups excluding carboxylic acids is 1. The second kappa shape index (κ2) is 6.57. The van der Waals surface area contributed by atoms with Crippen molar-refractivity contribution >= 4 is 11.7 Å². The molecule has 0 spiro atoms. The highest BCUT2D eigenvalue weighted by atomic mass is 16.3. The third-order valence-corrected chi connectivity index (χ3v) is 3.48. The zero-order valence-corrected chi connectivity index (χ0v) is 11.4. The summed E-state index contributed by atoms with van der Waals surface area (Å²) in [6, 6.07) is 5.81. The van der Waals surface area contributed by atoms with Crippen LogP contribution in [0.1, 0.15) is 37.3 Å². The molecule has 2 amide bonds. The molecule has 0 radical (unpaired) electrons. The van der Waals surface area contributed by atoms with E-state index in [9.17, 15) is 9.90 Å². The van der Waals surface area contributed by atoms with E-state index in [1.54, 1.807) is 0 Å². The normalized spacial score (nSPS) is 14.8. The molecule has 2 rings (SSSR count). The quantitative estimate of drug-likeness (QED) is 0.763. The molecular weight excluding hydrogens is 240 g/mol. The maximum Gasteiger partial charge on any atom is 0.319 e. The topological polar surface area (TPSA) is 61.4 Å². The van der Waals surface area contributed by atoms with E-state index in [1.807, 2.05) is 19.1 Å². The molecule has 1 aliphatic carbocycles. The molecule has 0 heterocycles. The fourth-order valence-electron chi connectivity index (χ4n) is 2.47. The Labute approximate surface area is 114 Å². The van der Waals surface area contributed by atoms with Crippen LogP contribution in [-0.4, -0.2) is 23.8 Å². The van der Waals surface area contributed by atoms with E-state index in [2.05, 4.69) is 16.7 Å². The highest BCUT2D eigenvalue weighted by molar-refractivity contribution is 5.89. The number of amides is 2. The highest BCUT2D eigenvalue weighted by Crippen LogP contribution is 2.24. The first-order valence-corrected chi connectivity index (χ1v) is 7.03. The van der Waals surface area contributed by atoms with Gasteiger partial charge in [-0.1, -0.05) is 19.4 Å². The van der Waals surface area contributed by atoms with Gasteiger partial charge in [0.05, 0.1) is 6.10 Å². The van der Waals surface area contributed by atoms with Crippen molar-refractivity contribution < 1.29 is 9.90 Å². The number of aliphatic hydroxyl groups excluding tert-OH is 1. The summed E-state index contributed by atoms with van der Waals surface area (Å²) in [5.74, 6) is 0. The average Bonchev–Trinajstić information content (AvgIpc) is 2.84.